The van der Waals surface area contributed by atoms with Gasteiger partial charge in [0.15, 0.2) is 0 Å². The summed E-state index contributed by atoms with van der Waals surface area (Å²) in [5.74, 6) is -0.193. The molecule has 1 amide bonds. The molecule has 0 atom stereocenters. The number of halogens is 1. The van der Waals surface area contributed by atoms with Crippen molar-refractivity contribution in [2.24, 2.45) is 0 Å². The number of H-pyrrole nitrogens is 1. The summed E-state index contributed by atoms with van der Waals surface area (Å²) in [6.07, 6.45) is 3.90. The summed E-state index contributed by atoms with van der Waals surface area (Å²) in [4.78, 5) is 16.3. The molecule has 0 unspecified atom stereocenters. The quantitative estimate of drug-likeness (QED) is 0.519. The molecule has 0 saturated carbocycles. The number of nitrogens with one attached hydrogen (secondary N) is 1. The first-order valence-corrected chi connectivity index (χ1v) is 10.3. The number of aromatic amines is 1. The number of benzene rings is 2. The fourth-order valence-electron chi connectivity index (χ4n) is 3.32. The average molecular weight is 409 g/mol. The van der Waals surface area contributed by atoms with Crippen molar-refractivity contribution in [2.75, 3.05) is 32.6 Å². The van der Waals surface area contributed by atoms with Crippen molar-refractivity contribution in [3.63, 3.8) is 0 Å². The van der Waals surface area contributed by atoms with Crippen molar-refractivity contribution in [3.8, 4) is 11.3 Å². The van der Waals surface area contributed by atoms with E-state index in [-0.39, 0.29) is 11.7 Å². The van der Waals surface area contributed by atoms with Gasteiger partial charge in [0, 0.05) is 50.2 Å². The number of hydrogen-bond donors (Lipinski definition) is 1. The zero-order chi connectivity index (χ0) is 21.5. The van der Waals surface area contributed by atoms with E-state index in [9.17, 15) is 9.18 Å². The maximum atomic E-state index is 13.0. The smallest absolute Gasteiger partial charge is 0.253 e. The van der Waals surface area contributed by atoms with Crippen LogP contribution in [0.2, 0.25) is 0 Å². The molecule has 0 aliphatic carbocycles. The van der Waals surface area contributed by atoms with Gasteiger partial charge in [0.25, 0.3) is 5.91 Å². The Labute approximate surface area is 177 Å². The lowest BCUT2D eigenvalue weighted by Gasteiger charge is -2.18. The largest absolute Gasteiger partial charge is 0.378 e. The molecule has 0 saturated heterocycles. The molecule has 0 aliphatic heterocycles. The van der Waals surface area contributed by atoms with E-state index in [0.29, 0.717) is 5.56 Å². The Morgan fingerprint density at radius 2 is 1.67 bits per heavy atom. The van der Waals surface area contributed by atoms with Gasteiger partial charge in [-0.1, -0.05) is 6.42 Å². The normalized spacial score (nSPS) is 10.8. The number of carbonyl (C=O) groups excluding carboxylic acids is 1. The van der Waals surface area contributed by atoms with Crippen LogP contribution >= 0.6 is 0 Å². The molecule has 30 heavy (non-hydrogen) atoms. The van der Waals surface area contributed by atoms with Crippen molar-refractivity contribution in [1.29, 1.82) is 0 Å². The summed E-state index contributed by atoms with van der Waals surface area (Å²) in [6.45, 7) is 0.734. The van der Waals surface area contributed by atoms with Gasteiger partial charge in [-0.3, -0.25) is 9.89 Å². The Bertz CT molecular complexity index is 948. The Morgan fingerprint density at radius 1 is 0.967 bits per heavy atom. The Hall–Kier alpha value is -3.15. The van der Waals surface area contributed by atoms with Gasteiger partial charge in [0.2, 0.25) is 0 Å². The van der Waals surface area contributed by atoms with Crippen LogP contribution in [0.4, 0.5) is 10.1 Å². The first kappa shape index (κ1) is 21.6. The first-order chi connectivity index (χ1) is 14.4. The van der Waals surface area contributed by atoms with Crippen molar-refractivity contribution in [3.05, 3.63) is 71.7 Å². The predicted molar refractivity (Wildman–Crippen MR) is 119 cm³/mol. The Kier molecular flexibility index (Phi) is 7.22. The molecule has 0 bridgehead atoms. The summed E-state index contributed by atoms with van der Waals surface area (Å²) >= 11 is 0. The fourth-order valence-corrected chi connectivity index (χ4v) is 3.32. The first-order valence-electron chi connectivity index (χ1n) is 10.3. The van der Waals surface area contributed by atoms with Crippen LogP contribution in [0.1, 0.15) is 35.3 Å². The molecule has 158 valence electrons. The SMILES string of the molecule is CN(CCCCCc1cc(-c2ccc(F)cc2)n[nH]1)C(=O)c1ccc(N(C)C)cc1. The summed E-state index contributed by atoms with van der Waals surface area (Å²) in [5.41, 5.74) is 4.59. The molecule has 6 heteroatoms. The van der Waals surface area contributed by atoms with E-state index in [1.54, 1.807) is 17.0 Å². The highest BCUT2D eigenvalue weighted by Gasteiger charge is 2.11. The van der Waals surface area contributed by atoms with Gasteiger partial charge in [0.1, 0.15) is 5.82 Å². The Morgan fingerprint density at radius 3 is 2.33 bits per heavy atom. The third-order valence-electron chi connectivity index (χ3n) is 5.19. The molecule has 5 nitrogen and oxygen atoms in total. The van der Waals surface area contributed by atoms with Crippen molar-refractivity contribution in [1.82, 2.24) is 15.1 Å². The second-order valence-electron chi connectivity index (χ2n) is 7.76. The standard InChI is InChI=1S/C24H29FN4O/c1-28(2)22-14-10-19(11-15-22)24(30)29(3)16-6-4-5-7-21-17-23(27-26-21)18-8-12-20(25)13-9-18/h8-15,17H,4-7,16H2,1-3H3,(H,26,27). The summed E-state index contributed by atoms with van der Waals surface area (Å²) < 4.78 is 13.0. The molecule has 1 aromatic heterocycles. The van der Waals surface area contributed by atoms with E-state index in [1.165, 1.54) is 12.1 Å². The average Bonchev–Trinajstić information content (AvgIpc) is 3.22. The lowest BCUT2D eigenvalue weighted by atomic mass is 10.1. The van der Waals surface area contributed by atoms with E-state index in [2.05, 4.69) is 10.2 Å². The monoisotopic (exact) mass is 408 g/mol. The van der Waals surface area contributed by atoms with Crippen LogP contribution in [0, 0.1) is 5.82 Å². The number of hydrogen-bond acceptors (Lipinski definition) is 3. The number of carbonyl (C=O) groups is 1. The fraction of sp³-hybridized carbons (Fsp3) is 0.333. The summed E-state index contributed by atoms with van der Waals surface area (Å²) in [5, 5.41) is 7.37. The lowest BCUT2D eigenvalue weighted by molar-refractivity contribution is 0.0792. The molecule has 0 fully saturated rings. The van der Waals surface area contributed by atoms with Crippen molar-refractivity contribution >= 4 is 11.6 Å². The zero-order valence-corrected chi connectivity index (χ0v) is 17.9. The number of aryl methyl sites for hydroxylation is 1. The summed E-state index contributed by atoms with van der Waals surface area (Å²) in [7, 11) is 5.82. The maximum absolute atomic E-state index is 13.0. The highest BCUT2D eigenvalue weighted by atomic mass is 19.1. The van der Waals surface area contributed by atoms with Gasteiger partial charge in [-0.15, -0.1) is 0 Å². The molecule has 0 spiro atoms. The van der Waals surface area contributed by atoms with E-state index >= 15 is 0 Å². The summed E-state index contributed by atoms with van der Waals surface area (Å²) in [6, 6.07) is 16.1. The van der Waals surface area contributed by atoms with Gasteiger partial charge in [-0.05, 0) is 73.9 Å². The topological polar surface area (TPSA) is 52.2 Å². The van der Waals surface area contributed by atoms with E-state index < -0.39 is 0 Å². The van der Waals surface area contributed by atoms with Crippen LogP contribution in [0.5, 0.6) is 0 Å². The molecule has 3 aromatic rings. The number of anilines is 1. The number of amides is 1. The van der Waals surface area contributed by atoms with Crippen LogP contribution in [0.15, 0.2) is 54.6 Å². The van der Waals surface area contributed by atoms with Crippen LogP contribution in [0.25, 0.3) is 11.3 Å². The van der Waals surface area contributed by atoms with Gasteiger partial charge in [0.05, 0.1) is 5.69 Å². The minimum absolute atomic E-state index is 0.0535. The third kappa shape index (κ3) is 5.69. The lowest BCUT2D eigenvalue weighted by Crippen LogP contribution is -2.27. The van der Waals surface area contributed by atoms with E-state index in [0.717, 1.165) is 54.9 Å². The molecule has 2 aromatic carbocycles. The highest BCUT2D eigenvalue weighted by molar-refractivity contribution is 5.94. The van der Waals surface area contributed by atoms with Gasteiger partial charge in [-0.25, -0.2) is 4.39 Å². The predicted octanol–water partition coefficient (Wildman–Crippen LogP) is 4.77. The number of aromatic nitrogens is 2. The third-order valence-corrected chi connectivity index (χ3v) is 5.19. The van der Waals surface area contributed by atoms with Gasteiger partial charge < -0.3 is 9.80 Å². The molecule has 1 N–H and O–H groups in total. The van der Waals surface area contributed by atoms with Crippen LogP contribution in [0.3, 0.4) is 0 Å². The number of unbranched alkanes of at least 4 members (excludes halogenated alkanes) is 2. The molecular formula is C24H29FN4O. The van der Waals surface area contributed by atoms with Crippen LogP contribution in [-0.4, -0.2) is 48.7 Å². The Balaban J connectivity index is 1.39. The minimum Gasteiger partial charge on any atom is -0.378 e. The molecule has 0 radical (unpaired) electrons. The number of rotatable bonds is 9. The van der Waals surface area contributed by atoms with Crippen LogP contribution < -0.4 is 4.90 Å². The molecule has 0 aliphatic rings. The second kappa shape index (κ2) is 10.1. The molecular weight excluding hydrogens is 379 g/mol. The van der Waals surface area contributed by atoms with E-state index in [1.807, 2.05) is 56.4 Å². The van der Waals surface area contributed by atoms with E-state index in [4.69, 9.17) is 0 Å². The second-order valence-corrected chi connectivity index (χ2v) is 7.76. The van der Waals surface area contributed by atoms with Crippen LogP contribution in [-0.2, 0) is 6.42 Å². The molecule has 3 rings (SSSR count). The van der Waals surface area contributed by atoms with Crippen molar-refractivity contribution in [2.45, 2.75) is 25.7 Å². The van der Waals surface area contributed by atoms with Gasteiger partial charge in [-0.2, -0.15) is 5.10 Å². The molecule has 1 heterocycles. The van der Waals surface area contributed by atoms with Crippen molar-refractivity contribution < 1.29 is 9.18 Å². The number of nitrogens with zero attached hydrogens (tertiary/aromatic N) is 3. The zero-order valence-electron chi connectivity index (χ0n) is 17.9. The maximum Gasteiger partial charge on any atom is 0.253 e. The minimum atomic E-state index is -0.247. The highest BCUT2D eigenvalue weighted by Crippen LogP contribution is 2.19. The van der Waals surface area contributed by atoms with Gasteiger partial charge >= 0.3 is 0 Å².